The standard InChI is InChI=1S/C45H34Cl2F3N5O6/c1-61-35-9-5-8-34(56)37(35)38-29-18-19-30-36(42(59)54(40(30)57)28-16-14-27(15-17-28)52-26-6-3-2-4-7-26)31(29)21-32-41(58)55(43(60)44(32,38)23-10-12-25(46)13-11-23)53-39-33(47)20-24(22-51-39)45(48,49)50/h2-18,20,22,30-32,36,38,52,56H,19,21H2,1H3,(H,51,53). The van der Waals surface area contributed by atoms with Gasteiger partial charge in [-0.1, -0.05) is 71.2 Å². The zero-order valence-corrected chi connectivity index (χ0v) is 33.5. The largest absolute Gasteiger partial charge is 0.508 e. The molecule has 3 heterocycles. The lowest BCUT2D eigenvalue weighted by molar-refractivity contribution is -0.139. The van der Waals surface area contributed by atoms with E-state index in [1.54, 1.807) is 60.7 Å². The van der Waals surface area contributed by atoms with E-state index in [4.69, 9.17) is 27.9 Å². The Hall–Kier alpha value is -6.38. The number of hydrazine groups is 1. The monoisotopic (exact) mass is 867 g/mol. The highest BCUT2D eigenvalue weighted by Crippen LogP contribution is 2.66. The number of methoxy groups -OCH3 is 1. The number of para-hydroxylation sites is 1. The Morgan fingerprint density at radius 1 is 0.852 bits per heavy atom. The minimum Gasteiger partial charge on any atom is -0.508 e. The summed E-state index contributed by atoms with van der Waals surface area (Å²) in [5.41, 5.74) is 2.55. The number of anilines is 4. The average molecular weight is 869 g/mol. The SMILES string of the molecule is COc1cccc(O)c1C1C2=CCC3C(=O)N(c4ccc(Nc5ccccc5)cc4)C(=O)C3C2CC2C(=O)N(Nc3ncc(C(F)(F)F)cc3Cl)C(=O)C21c1ccc(Cl)cc1. The number of halogens is 5. The number of hydrogen-bond acceptors (Lipinski definition) is 9. The maximum absolute atomic E-state index is 15.5. The smallest absolute Gasteiger partial charge is 0.417 e. The third-order valence-electron chi connectivity index (χ3n) is 12.3. The average Bonchev–Trinajstić information content (AvgIpc) is 3.62. The van der Waals surface area contributed by atoms with E-state index < -0.39 is 81.2 Å². The maximum Gasteiger partial charge on any atom is 0.417 e. The number of phenols is 1. The van der Waals surface area contributed by atoms with Gasteiger partial charge in [0.05, 0.1) is 46.6 Å². The van der Waals surface area contributed by atoms with Gasteiger partial charge < -0.3 is 15.2 Å². The van der Waals surface area contributed by atoms with Crippen molar-refractivity contribution in [1.82, 2.24) is 9.99 Å². The first kappa shape index (κ1) is 40.0. The molecule has 2 aliphatic carbocycles. The number of fused-ring (bicyclic) bond motifs is 4. The zero-order chi connectivity index (χ0) is 43.0. The van der Waals surface area contributed by atoms with Gasteiger partial charge >= 0.3 is 6.18 Å². The van der Waals surface area contributed by atoms with E-state index in [9.17, 15) is 32.7 Å². The van der Waals surface area contributed by atoms with Crippen molar-refractivity contribution in [3.63, 3.8) is 0 Å². The molecule has 1 aromatic heterocycles. The first-order valence-corrected chi connectivity index (χ1v) is 20.0. The molecule has 6 unspecified atom stereocenters. The van der Waals surface area contributed by atoms with Crippen LogP contribution >= 0.6 is 23.2 Å². The van der Waals surface area contributed by atoms with Crippen LogP contribution in [0.4, 0.5) is 36.1 Å². The summed E-state index contributed by atoms with van der Waals surface area (Å²) in [4.78, 5) is 64.5. The third kappa shape index (κ3) is 6.38. The Morgan fingerprint density at radius 3 is 2.23 bits per heavy atom. The van der Waals surface area contributed by atoms with Crippen molar-refractivity contribution < 1.29 is 42.2 Å². The van der Waals surface area contributed by atoms with Crippen LogP contribution < -0.4 is 20.4 Å². The number of carbonyl (C=O) groups is 4. The number of pyridine rings is 1. The molecule has 9 rings (SSSR count). The summed E-state index contributed by atoms with van der Waals surface area (Å²) in [6.45, 7) is 0. The molecule has 11 nitrogen and oxygen atoms in total. The summed E-state index contributed by atoms with van der Waals surface area (Å²) in [6, 6.07) is 27.9. The number of imide groups is 2. The van der Waals surface area contributed by atoms with Gasteiger partial charge in [0.2, 0.25) is 11.8 Å². The number of benzene rings is 4. The second-order valence-corrected chi connectivity index (χ2v) is 16.2. The van der Waals surface area contributed by atoms with Crippen molar-refractivity contribution >= 4 is 69.7 Å². The van der Waals surface area contributed by atoms with Crippen molar-refractivity contribution in [3.8, 4) is 11.5 Å². The molecule has 0 bridgehead atoms. The van der Waals surface area contributed by atoms with Crippen LogP contribution in [0.3, 0.4) is 0 Å². The van der Waals surface area contributed by atoms with Gasteiger partial charge in [-0.25, -0.2) is 4.98 Å². The van der Waals surface area contributed by atoms with Crippen molar-refractivity contribution in [2.45, 2.75) is 30.4 Å². The van der Waals surface area contributed by atoms with Gasteiger partial charge in [-0.2, -0.15) is 18.2 Å². The van der Waals surface area contributed by atoms with E-state index in [2.05, 4.69) is 15.7 Å². The fraction of sp³-hybridized carbons (Fsp3) is 0.222. The first-order chi connectivity index (χ1) is 29.2. The van der Waals surface area contributed by atoms with Crippen LogP contribution in [0.25, 0.3) is 0 Å². The Balaban J connectivity index is 1.17. The van der Waals surface area contributed by atoms with E-state index in [1.807, 2.05) is 36.4 Å². The van der Waals surface area contributed by atoms with E-state index in [-0.39, 0.29) is 29.9 Å². The molecule has 0 spiro atoms. The van der Waals surface area contributed by atoms with E-state index >= 15 is 4.79 Å². The van der Waals surface area contributed by atoms with E-state index in [1.165, 1.54) is 18.1 Å². The molecule has 0 radical (unpaired) electrons. The predicted molar refractivity (Wildman–Crippen MR) is 220 cm³/mol. The summed E-state index contributed by atoms with van der Waals surface area (Å²) in [5.74, 6) is -8.06. The number of allylic oxidation sites excluding steroid dienone is 2. The molecular weight excluding hydrogens is 834 g/mol. The molecule has 3 N–H and O–H groups in total. The van der Waals surface area contributed by atoms with Gasteiger partial charge in [-0.3, -0.25) is 29.5 Å². The minimum atomic E-state index is -4.77. The lowest BCUT2D eigenvalue weighted by Crippen LogP contribution is -2.53. The molecule has 3 fully saturated rings. The highest BCUT2D eigenvalue weighted by Gasteiger charge is 2.71. The van der Waals surface area contributed by atoms with Crippen LogP contribution in [-0.4, -0.2) is 45.8 Å². The van der Waals surface area contributed by atoms with Crippen LogP contribution in [0.15, 0.2) is 121 Å². The quantitative estimate of drug-likeness (QED) is 0.103. The van der Waals surface area contributed by atoms with Crippen molar-refractivity contribution in [2.75, 3.05) is 22.8 Å². The molecule has 5 aromatic rings. The number of carbonyl (C=O) groups excluding carboxylic acids is 4. The predicted octanol–water partition coefficient (Wildman–Crippen LogP) is 9.05. The number of hydrogen-bond donors (Lipinski definition) is 3. The lowest BCUT2D eigenvalue weighted by atomic mass is 9.49. The van der Waals surface area contributed by atoms with Gasteiger partial charge in [-0.15, -0.1) is 0 Å². The Bertz CT molecular complexity index is 2650. The molecule has 1 saturated carbocycles. The van der Waals surface area contributed by atoms with Crippen LogP contribution in [0.1, 0.15) is 35.4 Å². The number of aromatic hydroxyl groups is 1. The molecule has 6 atom stereocenters. The van der Waals surface area contributed by atoms with Gasteiger partial charge in [0, 0.05) is 34.1 Å². The topological polar surface area (TPSA) is 141 Å². The first-order valence-electron chi connectivity index (χ1n) is 19.2. The molecule has 4 aliphatic rings. The molecule has 4 aromatic carbocycles. The lowest BCUT2D eigenvalue weighted by Gasteiger charge is -2.50. The molecule has 2 aliphatic heterocycles. The molecule has 16 heteroatoms. The fourth-order valence-corrected chi connectivity index (χ4v) is 10.1. The van der Waals surface area contributed by atoms with E-state index in [0.717, 1.165) is 11.4 Å². The minimum absolute atomic E-state index is 0.105. The van der Waals surface area contributed by atoms with Crippen LogP contribution in [0.5, 0.6) is 11.5 Å². The van der Waals surface area contributed by atoms with Gasteiger partial charge in [0.25, 0.3) is 11.8 Å². The number of aromatic nitrogens is 1. The molecule has 4 amide bonds. The van der Waals surface area contributed by atoms with Crippen LogP contribution in [0, 0.1) is 23.7 Å². The maximum atomic E-state index is 15.5. The Kier molecular flexibility index (Phi) is 9.82. The van der Waals surface area contributed by atoms with Gasteiger partial charge in [0.1, 0.15) is 11.5 Å². The highest BCUT2D eigenvalue weighted by molar-refractivity contribution is 6.33. The van der Waals surface area contributed by atoms with Crippen molar-refractivity contribution in [2.24, 2.45) is 23.7 Å². The summed E-state index contributed by atoms with van der Waals surface area (Å²) < 4.78 is 46.5. The summed E-state index contributed by atoms with van der Waals surface area (Å²) in [6.07, 6.45) is -2.43. The number of amides is 4. The number of phenolic OH excluding ortho intramolecular Hbond substituents is 1. The number of alkyl halides is 3. The number of ether oxygens (including phenoxy) is 1. The third-order valence-corrected chi connectivity index (χ3v) is 12.8. The van der Waals surface area contributed by atoms with Crippen LogP contribution in [0.2, 0.25) is 10.0 Å². The highest BCUT2D eigenvalue weighted by atomic mass is 35.5. The second kappa shape index (κ2) is 15.0. The fourth-order valence-electron chi connectivity index (χ4n) is 9.73. The van der Waals surface area contributed by atoms with Crippen LogP contribution in [-0.2, 0) is 30.8 Å². The Labute approximate surface area is 356 Å². The number of nitrogens with one attached hydrogen (secondary N) is 2. The summed E-state index contributed by atoms with van der Waals surface area (Å²) in [5, 5.41) is 15.5. The summed E-state index contributed by atoms with van der Waals surface area (Å²) in [7, 11) is 1.39. The summed E-state index contributed by atoms with van der Waals surface area (Å²) >= 11 is 12.7. The van der Waals surface area contributed by atoms with Crippen molar-refractivity contribution in [3.05, 3.63) is 148 Å². The normalized spacial score (nSPS) is 24.6. The van der Waals surface area contributed by atoms with Crippen molar-refractivity contribution in [1.29, 1.82) is 0 Å². The molecular formula is C45H34Cl2F3N5O6. The van der Waals surface area contributed by atoms with E-state index in [0.29, 0.717) is 39.1 Å². The van der Waals surface area contributed by atoms with Gasteiger partial charge in [-0.05, 0) is 91.1 Å². The van der Waals surface area contributed by atoms with Gasteiger partial charge in [0.15, 0.2) is 5.82 Å². The Morgan fingerprint density at radius 2 is 1.56 bits per heavy atom. The zero-order valence-electron chi connectivity index (χ0n) is 32.0. The molecule has 310 valence electrons. The molecule has 61 heavy (non-hydrogen) atoms. The number of rotatable bonds is 8. The second-order valence-electron chi connectivity index (χ2n) is 15.4. The molecule has 2 saturated heterocycles. The number of nitrogens with zero attached hydrogens (tertiary/aromatic N) is 3.